The molecule has 4 aromatic rings. The van der Waals surface area contributed by atoms with Gasteiger partial charge in [0.1, 0.15) is 0 Å². The second-order valence-corrected chi connectivity index (χ2v) is 7.02. The fourth-order valence-corrected chi connectivity index (χ4v) is 3.83. The van der Waals surface area contributed by atoms with Crippen molar-refractivity contribution in [3.8, 4) is 22.4 Å². The average Bonchev–Trinajstić information content (AvgIpc) is 2.93. The van der Waals surface area contributed by atoms with Gasteiger partial charge in [-0.1, -0.05) is 70.5 Å². The fourth-order valence-electron chi connectivity index (χ4n) is 3.57. The molecule has 0 amide bonds. The summed E-state index contributed by atoms with van der Waals surface area (Å²) >= 11 is 3.49. The van der Waals surface area contributed by atoms with E-state index >= 15 is 0 Å². The zero-order valence-electron chi connectivity index (χ0n) is 13.2. The summed E-state index contributed by atoms with van der Waals surface area (Å²) in [6.45, 7) is 0. The molecule has 0 radical (unpaired) electrons. The van der Waals surface area contributed by atoms with Crippen molar-refractivity contribution < 1.29 is 4.79 Å². The third-order valence-corrected chi connectivity index (χ3v) is 5.21. The number of nitrogens with zero attached hydrogens (tertiary/aromatic N) is 1. The highest BCUT2D eigenvalue weighted by molar-refractivity contribution is 9.10. The van der Waals surface area contributed by atoms with Crippen LogP contribution in [0.1, 0.15) is 15.9 Å². The highest BCUT2D eigenvalue weighted by Crippen LogP contribution is 2.43. The number of hydrogen-bond donors (Lipinski definition) is 0. The van der Waals surface area contributed by atoms with Gasteiger partial charge in [-0.05, 0) is 23.8 Å². The van der Waals surface area contributed by atoms with Gasteiger partial charge in [0.05, 0.1) is 16.8 Å². The number of aromatic nitrogens is 1. The van der Waals surface area contributed by atoms with Gasteiger partial charge in [0, 0.05) is 26.5 Å². The van der Waals surface area contributed by atoms with Crippen LogP contribution in [-0.4, -0.2) is 10.8 Å². The Morgan fingerprint density at radius 3 is 2.20 bits per heavy atom. The Morgan fingerprint density at radius 1 is 0.720 bits per heavy atom. The number of pyridine rings is 1. The maximum Gasteiger partial charge on any atom is 0.196 e. The Morgan fingerprint density at radius 2 is 1.40 bits per heavy atom. The van der Waals surface area contributed by atoms with Gasteiger partial charge < -0.3 is 0 Å². The highest BCUT2D eigenvalue weighted by Gasteiger charge is 2.32. The Labute approximate surface area is 153 Å². The van der Waals surface area contributed by atoms with E-state index in [-0.39, 0.29) is 5.78 Å². The predicted octanol–water partition coefficient (Wildman–Crippen LogP) is 5.88. The summed E-state index contributed by atoms with van der Waals surface area (Å²) in [5, 5.41) is 1.00. The van der Waals surface area contributed by atoms with Crippen molar-refractivity contribution in [1.29, 1.82) is 0 Å². The van der Waals surface area contributed by atoms with Gasteiger partial charge >= 0.3 is 0 Å². The van der Waals surface area contributed by atoms with Gasteiger partial charge in [-0.15, -0.1) is 0 Å². The molecule has 118 valence electrons. The van der Waals surface area contributed by atoms with Gasteiger partial charge in [-0.25, -0.2) is 4.98 Å². The van der Waals surface area contributed by atoms with Crippen LogP contribution in [0.5, 0.6) is 0 Å². The Hall–Kier alpha value is -2.78. The van der Waals surface area contributed by atoms with Crippen LogP contribution < -0.4 is 0 Å². The van der Waals surface area contributed by atoms with Crippen molar-refractivity contribution in [3.63, 3.8) is 0 Å². The average molecular weight is 386 g/mol. The number of ketones is 1. The molecule has 0 saturated carbocycles. The molecular formula is C22H12BrNO. The van der Waals surface area contributed by atoms with Gasteiger partial charge in [-0.3, -0.25) is 4.79 Å². The molecule has 1 aliphatic carbocycles. The summed E-state index contributed by atoms with van der Waals surface area (Å²) in [6, 6.07) is 23.8. The lowest BCUT2D eigenvalue weighted by Gasteiger charge is -2.12. The molecule has 0 aliphatic heterocycles. The van der Waals surface area contributed by atoms with Crippen LogP contribution in [0, 0.1) is 0 Å². The van der Waals surface area contributed by atoms with E-state index in [1.807, 2.05) is 72.8 Å². The number of benzene rings is 3. The van der Waals surface area contributed by atoms with Crippen LogP contribution in [0.3, 0.4) is 0 Å². The molecule has 0 unspecified atom stereocenters. The zero-order valence-corrected chi connectivity index (χ0v) is 14.7. The molecule has 0 saturated heterocycles. The van der Waals surface area contributed by atoms with Crippen LogP contribution in [0.2, 0.25) is 0 Å². The van der Waals surface area contributed by atoms with Crippen molar-refractivity contribution in [2.24, 2.45) is 0 Å². The van der Waals surface area contributed by atoms with Crippen molar-refractivity contribution >= 4 is 32.6 Å². The van der Waals surface area contributed by atoms with Crippen LogP contribution >= 0.6 is 15.9 Å². The number of halogens is 1. The normalized spacial score (nSPS) is 12.3. The molecule has 0 atom stereocenters. The summed E-state index contributed by atoms with van der Waals surface area (Å²) in [6.07, 6.45) is 0. The van der Waals surface area contributed by atoms with Gasteiger partial charge in [0.25, 0.3) is 0 Å². The molecule has 3 aromatic carbocycles. The quantitative estimate of drug-likeness (QED) is 0.360. The summed E-state index contributed by atoms with van der Waals surface area (Å²) in [5.74, 6) is 0.0572. The summed E-state index contributed by atoms with van der Waals surface area (Å²) in [5.41, 5.74) is 6.06. The zero-order chi connectivity index (χ0) is 17.0. The maximum atomic E-state index is 13.1. The van der Waals surface area contributed by atoms with Gasteiger partial charge in [-0.2, -0.15) is 0 Å². The van der Waals surface area contributed by atoms with E-state index in [1.165, 1.54) is 0 Å². The van der Waals surface area contributed by atoms with Crippen LogP contribution in [-0.2, 0) is 0 Å². The lowest BCUT2D eigenvalue weighted by molar-refractivity contribution is 0.104. The monoisotopic (exact) mass is 385 g/mol. The van der Waals surface area contributed by atoms with E-state index in [2.05, 4.69) is 15.9 Å². The largest absolute Gasteiger partial charge is 0.288 e. The van der Waals surface area contributed by atoms with Crippen molar-refractivity contribution in [3.05, 3.63) is 88.4 Å². The molecular weight excluding hydrogens is 374 g/mol. The Balaban J connectivity index is 1.94. The smallest absolute Gasteiger partial charge is 0.196 e. The molecule has 0 N–H and O–H groups in total. The molecule has 0 fully saturated rings. The molecule has 25 heavy (non-hydrogen) atoms. The molecule has 1 heterocycles. The molecule has 1 aromatic heterocycles. The van der Waals surface area contributed by atoms with Crippen LogP contribution in [0.4, 0.5) is 0 Å². The minimum Gasteiger partial charge on any atom is -0.288 e. The second kappa shape index (κ2) is 5.36. The Kier molecular flexibility index (Phi) is 3.12. The number of hydrogen-bond acceptors (Lipinski definition) is 2. The number of rotatable bonds is 1. The molecule has 1 aliphatic rings. The van der Waals surface area contributed by atoms with Crippen molar-refractivity contribution in [2.45, 2.75) is 0 Å². The third-order valence-electron chi connectivity index (χ3n) is 4.68. The third kappa shape index (κ3) is 2.09. The van der Waals surface area contributed by atoms with Gasteiger partial charge in [0.2, 0.25) is 0 Å². The molecule has 0 spiro atoms. The first-order valence-electron chi connectivity index (χ1n) is 8.07. The van der Waals surface area contributed by atoms with Crippen molar-refractivity contribution in [2.75, 3.05) is 0 Å². The van der Waals surface area contributed by atoms with E-state index in [4.69, 9.17) is 4.98 Å². The van der Waals surface area contributed by atoms with E-state index in [0.717, 1.165) is 43.3 Å². The minimum absolute atomic E-state index is 0.0572. The topological polar surface area (TPSA) is 30.0 Å². The lowest BCUT2D eigenvalue weighted by Crippen LogP contribution is -2.00. The predicted molar refractivity (Wildman–Crippen MR) is 104 cm³/mol. The molecule has 2 nitrogen and oxygen atoms in total. The van der Waals surface area contributed by atoms with Crippen molar-refractivity contribution in [1.82, 2.24) is 4.98 Å². The van der Waals surface area contributed by atoms with E-state index in [9.17, 15) is 4.79 Å². The standard InChI is InChI=1S/C22H12BrNO/c23-14-11-9-13(10-12-14)19-17-7-3-4-8-18(17)24-21-15-5-1-2-6-16(15)22(25)20(19)21/h1-12H. The van der Waals surface area contributed by atoms with E-state index in [1.54, 1.807) is 0 Å². The molecule has 3 heteroatoms. The SMILES string of the molecule is O=C1c2ccccc2-c2nc3ccccc3c(-c3ccc(Br)cc3)c21. The number of para-hydroxylation sites is 1. The van der Waals surface area contributed by atoms with Gasteiger partial charge in [0.15, 0.2) is 5.78 Å². The fraction of sp³-hybridized carbons (Fsp3) is 0. The Bertz CT molecular complexity index is 1160. The maximum absolute atomic E-state index is 13.1. The number of fused-ring (bicyclic) bond motifs is 4. The minimum atomic E-state index is 0.0572. The molecule has 5 rings (SSSR count). The summed E-state index contributed by atoms with van der Waals surface area (Å²) in [4.78, 5) is 18.0. The van der Waals surface area contributed by atoms with Crippen LogP contribution in [0.15, 0.2) is 77.3 Å². The first kappa shape index (κ1) is 14.6. The lowest BCUT2D eigenvalue weighted by atomic mass is 9.94. The van der Waals surface area contributed by atoms with Crippen LogP contribution in [0.25, 0.3) is 33.3 Å². The van der Waals surface area contributed by atoms with E-state index < -0.39 is 0 Å². The summed E-state index contributed by atoms with van der Waals surface area (Å²) < 4.78 is 1.01. The highest BCUT2D eigenvalue weighted by atomic mass is 79.9. The number of carbonyl (C=O) groups excluding carboxylic acids is 1. The number of carbonyl (C=O) groups is 1. The van der Waals surface area contributed by atoms with E-state index in [0.29, 0.717) is 5.56 Å². The first-order chi connectivity index (χ1) is 12.2. The molecule has 0 bridgehead atoms. The summed E-state index contributed by atoms with van der Waals surface area (Å²) in [7, 11) is 0. The second-order valence-electron chi connectivity index (χ2n) is 6.11. The first-order valence-corrected chi connectivity index (χ1v) is 8.86.